The molecule has 5 heteroatoms. The monoisotopic (exact) mass is 371 g/mol. The van der Waals surface area contributed by atoms with E-state index in [9.17, 15) is 0 Å². The van der Waals surface area contributed by atoms with Crippen LogP contribution in [0.2, 0.25) is 0 Å². The molecule has 0 radical (unpaired) electrons. The van der Waals surface area contributed by atoms with Crippen LogP contribution < -0.4 is 5.73 Å². The number of rotatable bonds is 6. The molecule has 1 aliphatic heterocycles. The Kier molecular flexibility index (Phi) is 9.58. The van der Waals surface area contributed by atoms with Gasteiger partial charge >= 0.3 is 0 Å². The average Bonchev–Trinajstić information content (AvgIpc) is 3.24. The second kappa shape index (κ2) is 11.4. The Morgan fingerprint density at radius 3 is 2.64 bits per heavy atom. The van der Waals surface area contributed by atoms with Crippen LogP contribution in [-0.4, -0.2) is 11.7 Å². The first-order valence-electron chi connectivity index (χ1n) is 7.83. The normalized spacial score (nSPS) is 16.9. The highest BCUT2D eigenvalue weighted by molar-refractivity contribution is 8.03. The molecule has 132 valence electrons. The van der Waals surface area contributed by atoms with Gasteiger partial charge in [0.05, 0.1) is 10.9 Å². The molecule has 0 spiro atoms. The summed E-state index contributed by atoms with van der Waals surface area (Å²) in [7, 11) is 0. The van der Waals surface area contributed by atoms with Crippen LogP contribution in [0.5, 0.6) is 0 Å². The average molecular weight is 372 g/mol. The van der Waals surface area contributed by atoms with Gasteiger partial charge < -0.3 is 5.73 Å². The van der Waals surface area contributed by atoms with Crippen LogP contribution in [0.15, 0.2) is 82.2 Å². The number of thiazole rings is 1. The third kappa shape index (κ3) is 7.54. The molecule has 1 aliphatic rings. The number of aromatic nitrogens is 1. The summed E-state index contributed by atoms with van der Waals surface area (Å²) in [4.78, 5) is 9.56. The van der Waals surface area contributed by atoms with Crippen molar-refractivity contribution in [1.82, 2.24) is 4.98 Å². The Morgan fingerprint density at radius 1 is 1.36 bits per heavy atom. The third-order valence-electron chi connectivity index (χ3n) is 3.06. The van der Waals surface area contributed by atoms with Crippen LogP contribution in [0.1, 0.15) is 31.2 Å². The van der Waals surface area contributed by atoms with Gasteiger partial charge in [0.1, 0.15) is 0 Å². The van der Waals surface area contributed by atoms with Crippen LogP contribution in [0.3, 0.4) is 0 Å². The minimum Gasteiger partial charge on any atom is -0.405 e. The van der Waals surface area contributed by atoms with Crippen molar-refractivity contribution in [3.05, 3.63) is 82.9 Å². The number of nitrogens with zero attached hydrogens (tertiary/aromatic N) is 2. The molecule has 2 rings (SSSR count). The lowest BCUT2D eigenvalue weighted by molar-refractivity contribution is 0.947. The van der Waals surface area contributed by atoms with E-state index in [-0.39, 0.29) is 0 Å². The molecule has 1 aromatic heterocycles. The van der Waals surface area contributed by atoms with E-state index in [0.29, 0.717) is 5.25 Å². The van der Waals surface area contributed by atoms with Crippen molar-refractivity contribution in [3.8, 4) is 0 Å². The molecule has 2 N–H and O–H groups in total. The second-order valence-corrected chi connectivity index (χ2v) is 7.32. The summed E-state index contributed by atoms with van der Waals surface area (Å²) < 4.78 is 0. The molecule has 0 aliphatic carbocycles. The first kappa shape index (κ1) is 20.9. The van der Waals surface area contributed by atoms with Crippen molar-refractivity contribution in [1.29, 1.82) is 0 Å². The van der Waals surface area contributed by atoms with Crippen molar-refractivity contribution in [2.24, 2.45) is 10.7 Å². The van der Waals surface area contributed by atoms with Gasteiger partial charge in [-0.3, -0.25) is 0 Å². The zero-order valence-corrected chi connectivity index (χ0v) is 16.4. The van der Waals surface area contributed by atoms with Crippen LogP contribution in [0.4, 0.5) is 5.13 Å². The highest BCUT2D eigenvalue weighted by Gasteiger charge is 2.22. The molecule has 25 heavy (non-hydrogen) atoms. The molecule has 1 unspecified atom stereocenters. The van der Waals surface area contributed by atoms with Crippen LogP contribution in [-0.2, 0) is 0 Å². The summed E-state index contributed by atoms with van der Waals surface area (Å²) in [5, 5.41) is 3.20. The number of aliphatic imine (C=N–C) groups is 1. The summed E-state index contributed by atoms with van der Waals surface area (Å²) in [6.45, 7) is 15.1. The zero-order chi connectivity index (χ0) is 18.7. The first-order valence-corrected chi connectivity index (χ1v) is 9.59. The maximum atomic E-state index is 4.99. The van der Waals surface area contributed by atoms with Gasteiger partial charge in [-0.2, -0.15) is 0 Å². The van der Waals surface area contributed by atoms with Gasteiger partial charge in [0, 0.05) is 10.3 Å². The Balaban J connectivity index is 0.000000450. The largest absolute Gasteiger partial charge is 0.405 e. The highest BCUT2D eigenvalue weighted by atomic mass is 32.2. The van der Waals surface area contributed by atoms with E-state index in [2.05, 4.69) is 41.3 Å². The third-order valence-corrected chi connectivity index (χ3v) is 5.25. The van der Waals surface area contributed by atoms with Crippen molar-refractivity contribution >= 4 is 34.9 Å². The fourth-order valence-corrected chi connectivity index (χ4v) is 3.79. The molecule has 0 saturated heterocycles. The Labute approximate surface area is 159 Å². The summed E-state index contributed by atoms with van der Waals surface area (Å²) in [6, 6.07) is 0. The number of hydrogen-bond acceptors (Lipinski definition) is 5. The predicted octanol–water partition coefficient (Wildman–Crippen LogP) is 6.26. The van der Waals surface area contributed by atoms with Crippen LogP contribution in [0.25, 0.3) is 0 Å². The van der Waals surface area contributed by atoms with E-state index in [0.717, 1.165) is 28.4 Å². The Bertz CT molecular complexity index is 721. The van der Waals surface area contributed by atoms with E-state index in [1.54, 1.807) is 17.4 Å². The summed E-state index contributed by atoms with van der Waals surface area (Å²) >= 11 is 3.36. The lowest BCUT2D eigenvalue weighted by Crippen LogP contribution is -1.88. The van der Waals surface area contributed by atoms with Gasteiger partial charge in [-0.25, -0.2) is 9.98 Å². The van der Waals surface area contributed by atoms with Crippen molar-refractivity contribution in [2.75, 3.05) is 0 Å². The molecule has 1 atom stereocenters. The molecule has 3 nitrogen and oxygen atoms in total. The summed E-state index contributed by atoms with van der Waals surface area (Å²) in [5.74, 6) is 0. The lowest BCUT2D eigenvalue weighted by Gasteiger charge is -2.06. The minimum absolute atomic E-state index is 0.383. The number of thioether (sulfide) groups is 1. The molecular weight excluding hydrogens is 346 g/mol. The summed E-state index contributed by atoms with van der Waals surface area (Å²) in [6.07, 6.45) is 14.5. The van der Waals surface area contributed by atoms with Crippen molar-refractivity contribution < 1.29 is 0 Å². The molecular formula is C20H25N3S2. The second-order valence-electron chi connectivity index (χ2n) is 5.24. The first-order chi connectivity index (χ1) is 12.0. The lowest BCUT2D eigenvalue weighted by atomic mass is 10.2. The predicted molar refractivity (Wildman–Crippen MR) is 116 cm³/mol. The Morgan fingerprint density at radius 2 is 2.12 bits per heavy atom. The van der Waals surface area contributed by atoms with Gasteiger partial charge in [0.2, 0.25) is 5.13 Å². The molecule has 0 aromatic carbocycles. The molecule has 1 aromatic rings. The van der Waals surface area contributed by atoms with E-state index >= 15 is 0 Å². The maximum Gasteiger partial charge on any atom is 0.208 e. The van der Waals surface area contributed by atoms with Crippen LogP contribution >= 0.6 is 23.1 Å². The highest BCUT2D eigenvalue weighted by Crippen LogP contribution is 2.46. The van der Waals surface area contributed by atoms with Crippen molar-refractivity contribution in [2.45, 2.75) is 25.5 Å². The van der Waals surface area contributed by atoms with E-state index in [1.807, 2.05) is 49.9 Å². The molecule has 2 heterocycles. The van der Waals surface area contributed by atoms with Gasteiger partial charge in [-0.05, 0) is 44.8 Å². The quantitative estimate of drug-likeness (QED) is 0.474. The van der Waals surface area contributed by atoms with Gasteiger partial charge in [0.25, 0.3) is 0 Å². The number of allylic oxidation sites excluding steroid dienone is 8. The van der Waals surface area contributed by atoms with Gasteiger partial charge in [-0.1, -0.05) is 49.1 Å². The SMILES string of the molecule is C=C(C)/C=C/N.C=Nc1nc(C2CC=C(C(=C)/C=C\C=C/C)S2)cs1. The fraction of sp³-hybridized carbons (Fsp3) is 0.200. The molecule has 0 bridgehead atoms. The molecule has 0 amide bonds. The smallest absolute Gasteiger partial charge is 0.208 e. The number of hydrogen-bond donors (Lipinski definition) is 1. The topological polar surface area (TPSA) is 51.3 Å². The van der Waals surface area contributed by atoms with Crippen LogP contribution in [0, 0.1) is 0 Å². The fourth-order valence-electron chi connectivity index (χ4n) is 1.88. The van der Waals surface area contributed by atoms with E-state index < -0.39 is 0 Å². The molecule has 0 saturated carbocycles. The minimum atomic E-state index is 0.383. The van der Waals surface area contributed by atoms with E-state index in [1.165, 1.54) is 11.1 Å². The van der Waals surface area contributed by atoms with Crippen molar-refractivity contribution in [3.63, 3.8) is 0 Å². The standard InChI is InChI=1S/C15H16N2S2.C5H9N/c1-4-5-6-7-11(2)13-8-9-14(19-13)12-10-18-15(16-3)17-12;1-5(2)3-4-6/h4-8,10,14H,2-3,9H2,1H3;3-4H,1,6H2,2H3/b5-4-,7-6-;4-3+. The van der Waals surface area contributed by atoms with Gasteiger partial charge in [0.15, 0.2) is 0 Å². The van der Waals surface area contributed by atoms with E-state index in [4.69, 9.17) is 5.73 Å². The summed E-state index contributed by atoms with van der Waals surface area (Å²) in [5.41, 5.74) is 8.12. The Hall–Kier alpha value is -2.11. The zero-order valence-electron chi connectivity index (χ0n) is 14.8. The maximum absolute atomic E-state index is 4.99. The number of nitrogens with two attached hydrogens (primary N) is 1. The molecule has 0 fully saturated rings. The van der Waals surface area contributed by atoms with Gasteiger partial charge in [-0.15, -0.1) is 23.1 Å².